The minimum atomic E-state index is -2.07. The molecule has 1 aromatic carbocycles. The van der Waals surface area contributed by atoms with Crippen LogP contribution in [0.2, 0.25) is 10.4 Å². The van der Waals surface area contributed by atoms with Crippen molar-refractivity contribution in [1.82, 2.24) is 0 Å². The first-order chi connectivity index (χ1) is 7.57. The molecule has 0 fully saturated rings. The van der Waals surface area contributed by atoms with Crippen LogP contribution in [0, 0.1) is 0 Å². The van der Waals surface area contributed by atoms with Gasteiger partial charge >= 0.3 is 103 Å². The molecule has 88 valence electrons. The molecule has 1 rings (SSSR count). The molecule has 0 bridgehead atoms. The second-order valence-corrected chi connectivity index (χ2v) is 14.7. The molecule has 0 amide bonds. The zero-order valence-corrected chi connectivity index (χ0v) is 12.6. The zero-order valence-electron chi connectivity index (χ0n) is 9.90. The standard InChI is InChI=1S/C12H17AsO2S/c1-4-13(16,5-2)11-8-6-10(7-9-11)12(14)15-3/h6-9H,4-5H2,1-3H3. The van der Waals surface area contributed by atoms with Gasteiger partial charge in [-0.15, -0.1) is 0 Å². The summed E-state index contributed by atoms with van der Waals surface area (Å²) in [5.41, 5.74) is 0.593. The molecule has 0 radical (unpaired) electrons. The van der Waals surface area contributed by atoms with Gasteiger partial charge in [-0.25, -0.2) is 0 Å². The monoisotopic (exact) mass is 300 g/mol. The van der Waals surface area contributed by atoms with Gasteiger partial charge in [-0.1, -0.05) is 0 Å². The average Bonchev–Trinajstić information content (AvgIpc) is 2.37. The number of ether oxygens (including phenoxy) is 1. The van der Waals surface area contributed by atoms with Gasteiger partial charge in [-0.3, -0.25) is 0 Å². The van der Waals surface area contributed by atoms with Crippen molar-refractivity contribution in [3.63, 3.8) is 0 Å². The number of hydrogen-bond acceptors (Lipinski definition) is 3. The van der Waals surface area contributed by atoms with Crippen molar-refractivity contribution in [2.45, 2.75) is 24.3 Å². The number of rotatable bonds is 4. The summed E-state index contributed by atoms with van der Waals surface area (Å²) in [5.74, 6) is -0.292. The predicted octanol–water partition coefficient (Wildman–Crippen LogP) is 2.86. The first-order valence-corrected chi connectivity index (χ1v) is 11.6. The maximum atomic E-state index is 11.3. The van der Waals surface area contributed by atoms with Crippen molar-refractivity contribution in [3.05, 3.63) is 29.8 Å². The van der Waals surface area contributed by atoms with Gasteiger partial charge in [0.2, 0.25) is 0 Å². The fourth-order valence-electron chi connectivity index (χ4n) is 1.58. The van der Waals surface area contributed by atoms with Crippen LogP contribution in [0.3, 0.4) is 0 Å². The van der Waals surface area contributed by atoms with Crippen LogP contribution < -0.4 is 4.35 Å². The van der Waals surface area contributed by atoms with E-state index in [1.165, 1.54) is 11.5 Å². The Morgan fingerprint density at radius 1 is 1.25 bits per heavy atom. The van der Waals surface area contributed by atoms with E-state index in [2.05, 4.69) is 18.6 Å². The summed E-state index contributed by atoms with van der Waals surface area (Å²) in [5, 5.41) is 2.17. The maximum absolute atomic E-state index is 11.3. The first-order valence-electron chi connectivity index (χ1n) is 5.34. The van der Waals surface area contributed by atoms with Gasteiger partial charge in [0.15, 0.2) is 0 Å². The summed E-state index contributed by atoms with van der Waals surface area (Å²) in [6.07, 6.45) is 0. The van der Waals surface area contributed by atoms with Crippen LogP contribution in [0.5, 0.6) is 0 Å². The van der Waals surface area contributed by atoms with E-state index in [-0.39, 0.29) is 5.97 Å². The number of carbonyl (C=O) groups excluding carboxylic acids is 1. The van der Waals surface area contributed by atoms with E-state index in [9.17, 15) is 4.79 Å². The normalized spacial score (nSPS) is 11.2. The molecule has 0 unspecified atom stereocenters. The summed E-state index contributed by atoms with van der Waals surface area (Å²) in [4.78, 5) is 11.3. The third kappa shape index (κ3) is 2.78. The van der Waals surface area contributed by atoms with E-state index in [1.54, 1.807) is 0 Å². The van der Waals surface area contributed by atoms with E-state index in [0.717, 1.165) is 10.4 Å². The van der Waals surface area contributed by atoms with Gasteiger partial charge in [0.05, 0.1) is 0 Å². The SMILES string of the molecule is CC[As](=S)(CC)c1ccc(C(=O)OC)cc1. The topological polar surface area (TPSA) is 26.3 Å². The second kappa shape index (κ2) is 5.69. The van der Waals surface area contributed by atoms with E-state index in [0.29, 0.717) is 5.56 Å². The average molecular weight is 300 g/mol. The number of benzene rings is 1. The fraction of sp³-hybridized carbons (Fsp3) is 0.417. The Hall–Kier alpha value is -0.532. The molecule has 0 aromatic heterocycles. The van der Waals surface area contributed by atoms with Gasteiger partial charge in [0, 0.05) is 0 Å². The Morgan fingerprint density at radius 3 is 2.12 bits per heavy atom. The minimum absolute atomic E-state index is 0.292. The Labute approximate surface area is 103 Å². The molecule has 0 saturated heterocycles. The van der Waals surface area contributed by atoms with Gasteiger partial charge < -0.3 is 0 Å². The van der Waals surface area contributed by atoms with Crippen LogP contribution in [0.15, 0.2) is 24.3 Å². The van der Waals surface area contributed by atoms with Crippen LogP contribution in [-0.4, -0.2) is 25.0 Å². The molecule has 0 aliphatic rings. The van der Waals surface area contributed by atoms with Crippen LogP contribution >= 0.6 is 10.4 Å². The number of esters is 1. The predicted molar refractivity (Wildman–Crippen MR) is 71.7 cm³/mol. The number of carbonyl (C=O) groups is 1. The fourth-order valence-corrected chi connectivity index (χ4v) is 6.13. The number of hydrogen-bond donors (Lipinski definition) is 0. The molecular weight excluding hydrogens is 283 g/mol. The first kappa shape index (κ1) is 13.5. The molecule has 4 heteroatoms. The van der Waals surface area contributed by atoms with Crippen LogP contribution in [0.4, 0.5) is 0 Å². The van der Waals surface area contributed by atoms with Crippen molar-refractivity contribution >= 4 is 32.6 Å². The van der Waals surface area contributed by atoms with Gasteiger partial charge in [0.25, 0.3) is 0 Å². The second-order valence-electron chi connectivity index (χ2n) is 3.56. The van der Waals surface area contributed by atoms with Crippen LogP contribution in [-0.2, 0) is 4.74 Å². The summed E-state index contributed by atoms with van der Waals surface area (Å²) in [7, 11) is 7.16. The quantitative estimate of drug-likeness (QED) is 0.632. The van der Waals surface area contributed by atoms with Crippen molar-refractivity contribution in [3.8, 4) is 0 Å². The molecule has 0 atom stereocenters. The van der Waals surface area contributed by atoms with E-state index in [1.807, 2.05) is 24.3 Å². The summed E-state index contributed by atoms with van der Waals surface area (Å²) < 4.78 is 5.93. The van der Waals surface area contributed by atoms with Gasteiger partial charge in [-0.05, 0) is 0 Å². The molecule has 0 aliphatic heterocycles. The third-order valence-electron chi connectivity index (χ3n) is 2.78. The summed E-state index contributed by atoms with van der Waals surface area (Å²) in [6, 6.07) is 7.63. The molecule has 0 heterocycles. The number of methoxy groups -OCH3 is 1. The third-order valence-corrected chi connectivity index (χ3v) is 13.4. The molecule has 16 heavy (non-hydrogen) atoms. The van der Waals surface area contributed by atoms with Crippen molar-refractivity contribution in [2.75, 3.05) is 7.11 Å². The molecule has 2 nitrogen and oxygen atoms in total. The molecule has 0 spiro atoms. The molecular formula is C12H17AsO2S. The Balaban J connectivity index is 3.03. The molecule has 0 saturated carbocycles. The van der Waals surface area contributed by atoms with Gasteiger partial charge in [0.1, 0.15) is 0 Å². The molecule has 0 aliphatic carbocycles. The van der Waals surface area contributed by atoms with E-state index >= 15 is 0 Å². The summed E-state index contributed by atoms with van der Waals surface area (Å²) >= 11 is -2.07. The zero-order chi connectivity index (χ0) is 12.2. The van der Waals surface area contributed by atoms with Crippen molar-refractivity contribution in [2.24, 2.45) is 0 Å². The summed E-state index contributed by atoms with van der Waals surface area (Å²) in [6.45, 7) is 4.33. The Kier molecular flexibility index (Phi) is 4.82. The molecule has 0 N–H and O–H groups in total. The van der Waals surface area contributed by atoms with Gasteiger partial charge in [-0.2, -0.15) is 0 Å². The molecule has 1 aromatic rings. The van der Waals surface area contributed by atoms with E-state index in [4.69, 9.17) is 10.4 Å². The van der Waals surface area contributed by atoms with E-state index < -0.39 is 11.9 Å². The van der Waals surface area contributed by atoms with Crippen LogP contribution in [0.25, 0.3) is 0 Å². The Bertz CT molecular complexity index is 404. The van der Waals surface area contributed by atoms with Crippen LogP contribution in [0.1, 0.15) is 24.2 Å². The van der Waals surface area contributed by atoms with Crippen molar-refractivity contribution in [1.29, 1.82) is 0 Å². The Morgan fingerprint density at radius 2 is 1.75 bits per heavy atom. The van der Waals surface area contributed by atoms with Crippen molar-refractivity contribution < 1.29 is 9.53 Å².